The van der Waals surface area contributed by atoms with E-state index < -0.39 is 0 Å². The third-order valence-electron chi connectivity index (χ3n) is 3.95. The van der Waals surface area contributed by atoms with Gasteiger partial charge >= 0.3 is 0 Å². The number of fused-ring (bicyclic) bond motifs is 1. The first-order valence-corrected chi connectivity index (χ1v) is 7.77. The Bertz CT molecular complexity index is 792. The molecule has 2 aromatic heterocycles. The highest BCUT2D eigenvalue weighted by atomic mass is 16.1. The lowest BCUT2D eigenvalue weighted by atomic mass is 10.1. The molecule has 0 aliphatic carbocycles. The predicted molar refractivity (Wildman–Crippen MR) is 86.7 cm³/mol. The Kier molecular flexibility index (Phi) is 4.36. The van der Waals surface area contributed by atoms with E-state index in [1.807, 2.05) is 18.3 Å². The molecular formula is C16H20N6O. The van der Waals surface area contributed by atoms with Crippen LogP contribution in [0.4, 0.5) is 0 Å². The maximum atomic E-state index is 12.4. The Labute approximate surface area is 133 Å². The summed E-state index contributed by atoms with van der Waals surface area (Å²) in [7, 11) is 0. The van der Waals surface area contributed by atoms with E-state index in [4.69, 9.17) is 0 Å². The Hall–Kier alpha value is -2.70. The number of benzene rings is 1. The highest BCUT2D eigenvalue weighted by molar-refractivity contribution is 5.90. The predicted octanol–water partition coefficient (Wildman–Crippen LogP) is 2.19. The first-order chi connectivity index (χ1) is 11.2. The molecule has 3 N–H and O–H groups in total. The lowest BCUT2D eigenvalue weighted by molar-refractivity contribution is -0.121. The number of H-pyrrole nitrogens is 2. The number of carbonyl (C=O) groups is 1. The second-order valence-electron chi connectivity index (χ2n) is 5.67. The van der Waals surface area contributed by atoms with E-state index in [-0.39, 0.29) is 11.9 Å². The van der Waals surface area contributed by atoms with Gasteiger partial charge in [0.2, 0.25) is 5.91 Å². The van der Waals surface area contributed by atoms with Crippen molar-refractivity contribution in [2.24, 2.45) is 0 Å². The fourth-order valence-corrected chi connectivity index (χ4v) is 2.80. The standard InChI is InChI=1S/C16H20N6O/c1-3-5-13(16-19-21-22-20-16)18-14(23)8-11-9-17-15-10(2)6-4-7-12(11)15/h4,6-7,9,13,17H,3,5,8H2,1-2H3,(H,18,23)(H,19,20,21,22). The number of amides is 1. The normalized spacial score (nSPS) is 12.4. The van der Waals surface area contributed by atoms with Crippen LogP contribution >= 0.6 is 0 Å². The van der Waals surface area contributed by atoms with Crippen molar-refractivity contribution in [3.05, 3.63) is 41.3 Å². The van der Waals surface area contributed by atoms with Gasteiger partial charge in [-0.05, 0) is 24.5 Å². The minimum Gasteiger partial charge on any atom is -0.361 e. The summed E-state index contributed by atoms with van der Waals surface area (Å²) in [6, 6.07) is 5.88. The molecule has 3 rings (SSSR count). The first kappa shape index (κ1) is 15.2. The average Bonchev–Trinajstić information content (AvgIpc) is 3.18. The van der Waals surface area contributed by atoms with Gasteiger partial charge in [-0.25, -0.2) is 0 Å². The number of aryl methyl sites for hydroxylation is 1. The van der Waals surface area contributed by atoms with Crippen molar-refractivity contribution in [3.63, 3.8) is 0 Å². The number of hydrogen-bond acceptors (Lipinski definition) is 4. The van der Waals surface area contributed by atoms with Gasteiger partial charge in [-0.2, -0.15) is 5.21 Å². The van der Waals surface area contributed by atoms with Gasteiger partial charge in [0.05, 0.1) is 12.5 Å². The van der Waals surface area contributed by atoms with Crippen LogP contribution in [0.25, 0.3) is 10.9 Å². The molecule has 0 fully saturated rings. The number of para-hydroxylation sites is 1. The summed E-state index contributed by atoms with van der Waals surface area (Å²) < 4.78 is 0. The maximum Gasteiger partial charge on any atom is 0.225 e. The summed E-state index contributed by atoms with van der Waals surface area (Å²) in [6.07, 6.45) is 3.92. The molecule has 23 heavy (non-hydrogen) atoms. The van der Waals surface area contributed by atoms with Gasteiger partial charge in [-0.3, -0.25) is 4.79 Å². The summed E-state index contributed by atoms with van der Waals surface area (Å²) in [5, 5.41) is 18.0. The zero-order valence-corrected chi connectivity index (χ0v) is 13.3. The van der Waals surface area contributed by atoms with Crippen LogP contribution < -0.4 is 5.32 Å². The van der Waals surface area contributed by atoms with Crippen LogP contribution in [0.5, 0.6) is 0 Å². The minimum atomic E-state index is -0.210. The Morgan fingerprint density at radius 3 is 3.00 bits per heavy atom. The van der Waals surface area contributed by atoms with Crippen LogP contribution in [0, 0.1) is 6.92 Å². The molecule has 1 atom stereocenters. The Balaban J connectivity index is 1.74. The largest absolute Gasteiger partial charge is 0.361 e. The summed E-state index contributed by atoms with van der Waals surface area (Å²) in [5.74, 6) is 0.477. The summed E-state index contributed by atoms with van der Waals surface area (Å²) >= 11 is 0. The van der Waals surface area contributed by atoms with E-state index in [1.165, 1.54) is 5.56 Å². The van der Waals surface area contributed by atoms with Crippen molar-refractivity contribution in [2.45, 2.75) is 39.2 Å². The molecule has 0 radical (unpaired) electrons. The van der Waals surface area contributed by atoms with Gasteiger partial charge in [0.15, 0.2) is 5.82 Å². The molecule has 2 heterocycles. The maximum absolute atomic E-state index is 12.4. The second-order valence-corrected chi connectivity index (χ2v) is 5.67. The molecular weight excluding hydrogens is 292 g/mol. The SMILES string of the molecule is CCCC(NC(=O)Cc1c[nH]c2c(C)cccc12)c1nn[nH]n1. The monoisotopic (exact) mass is 312 g/mol. The van der Waals surface area contributed by atoms with Crippen molar-refractivity contribution in [2.75, 3.05) is 0 Å². The van der Waals surface area contributed by atoms with Crippen molar-refractivity contribution >= 4 is 16.8 Å². The van der Waals surface area contributed by atoms with E-state index in [0.717, 1.165) is 29.3 Å². The van der Waals surface area contributed by atoms with Gasteiger partial charge in [0, 0.05) is 17.1 Å². The topological polar surface area (TPSA) is 99.4 Å². The fourth-order valence-electron chi connectivity index (χ4n) is 2.80. The van der Waals surface area contributed by atoms with E-state index in [9.17, 15) is 4.79 Å². The van der Waals surface area contributed by atoms with Crippen molar-refractivity contribution < 1.29 is 4.79 Å². The average molecular weight is 312 g/mol. The van der Waals surface area contributed by atoms with Crippen molar-refractivity contribution in [3.8, 4) is 0 Å². The molecule has 120 valence electrons. The lowest BCUT2D eigenvalue weighted by Crippen LogP contribution is -2.30. The molecule has 0 aliphatic heterocycles. The lowest BCUT2D eigenvalue weighted by Gasteiger charge is -2.14. The molecule has 3 aromatic rings. The van der Waals surface area contributed by atoms with Crippen LogP contribution in [0.1, 0.15) is 42.8 Å². The molecule has 7 nitrogen and oxygen atoms in total. The number of aromatic nitrogens is 5. The number of tetrazole rings is 1. The zero-order chi connectivity index (χ0) is 16.2. The highest BCUT2D eigenvalue weighted by Gasteiger charge is 2.19. The van der Waals surface area contributed by atoms with Gasteiger partial charge < -0.3 is 10.3 Å². The summed E-state index contributed by atoms with van der Waals surface area (Å²) in [6.45, 7) is 4.11. The molecule has 0 bridgehead atoms. The Morgan fingerprint density at radius 2 is 2.26 bits per heavy atom. The van der Waals surface area contributed by atoms with Gasteiger partial charge in [0.1, 0.15) is 0 Å². The van der Waals surface area contributed by atoms with Gasteiger partial charge in [-0.1, -0.05) is 36.8 Å². The quantitative estimate of drug-likeness (QED) is 0.649. The van der Waals surface area contributed by atoms with Gasteiger partial charge in [-0.15, -0.1) is 10.2 Å². The zero-order valence-electron chi connectivity index (χ0n) is 13.3. The molecule has 7 heteroatoms. The van der Waals surface area contributed by atoms with Crippen LogP contribution in [-0.4, -0.2) is 31.5 Å². The van der Waals surface area contributed by atoms with E-state index in [1.54, 1.807) is 0 Å². The van der Waals surface area contributed by atoms with Crippen molar-refractivity contribution in [1.29, 1.82) is 0 Å². The molecule has 0 saturated carbocycles. The fraction of sp³-hybridized carbons (Fsp3) is 0.375. The number of nitrogens with zero attached hydrogens (tertiary/aromatic N) is 3. The molecule has 0 saturated heterocycles. The number of hydrogen-bond donors (Lipinski definition) is 3. The van der Waals surface area contributed by atoms with E-state index >= 15 is 0 Å². The van der Waals surface area contributed by atoms with Crippen LogP contribution in [0.15, 0.2) is 24.4 Å². The first-order valence-electron chi connectivity index (χ1n) is 7.77. The number of nitrogens with one attached hydrogen (secondary N) is 3. The summed E-state index contributed by atoms with van der Waals surface area (Å²) in [4.78, 5) is 15.7. The Morgan fingerprint density at radius 1 is 1.39 bits per heavy atom. The summed E-state index contributed by atoms with van der Waals surface area (Å²) in [5.41, 5.74) is 3.24. The van der Waals surface area contributed by atoms with Crippen LogP contribution in [0.2, 0.25) is 0 Å². The molecule has 0 aliphatic rings. The second kappa shape index (κ2) is 6.60. The molecule has 0 spiro atoms. The van der Waals surface area contributed by atoms with E-state index in [0.29, 0.717) is 12.2 Å². The third kappa shape index (κ3) is 3.23. The molecule has 1 aromatic carbocycles. The highest BCUT2D eigenvalue weighted by Crippen LogP contribution is 2.22. The molecule has 1 unspecified atom stereocenters. The number of aromatic amines is 2. The number of rotatable bonds is 6. The van der Waals surface area contributed by atoms with Crippen LogP contribution in [0.3, 0.4) is 0 Å². The minimum absolute atomic E-state index is 0.0457. The number of carbonyl (C=O) groups excluding carboxylic acids is 1. The smallest absolute Gasteiger partial charge is 0.225 e. The third-order valence-corrected chi connectivity index (χ3v) is 3.95. The molecule has 1 amide bonds. The van der Waals surface area contributed by atoms with Crippen LogP contribution in [-0.2, 0) is 11.2 Å². The van der Waals surface area contributed by atoms with Gasteiger partial charge in [0.25, 0.3) is 0 Å². The van der Waals surface area contributed by atoms with Crippen molar-refractivity contribution in [1.82, 2.24) is 30.9 Å². The van der Waals surface area contributed by atoms with E-state index in [2.05, 4.69) is 50.8 Å².